The Hall–Kier alpha value is -1.71. The molecular formula is C26H33ClO7. The lowest BCUT2D eigenvalue weighted by atomic mass is 9.90. The summed E-state index contributed by atoms with van der Waals surface area (Å²) in [5.41, 5.74) is 2.49. The number of hydrogen-bond acceptors (Lipinski definition) is 7. The molecule has 2 aromatic rings. The van der Waals surface area contributed by atoms with Crippen molar-refractivity contribution >= 4 is 11.6 Å². The van der Waals surface area contributed by atoms with E-state index >= 15 is 0 Å². The van der Waals surface area contributed by atoms with Crippen molar-refractivity contribution in [2.24, 2.45) is 0 Å². The van der Waals surface area contributed by atoms with Crippen LogP contribution in [0.2, 0.25) is 5.02 Å². The Morgan fingerprint density at radius 2 is 1.71 bits per heavy atom. The van der Waals surface area contributed by atoms with Crippen LogP contribution in [0.3, 0.4) is 0 Å². The van der Waals surface area contributed by atoms with Gasteiger partial charge in [-0.05, 0) is 60.6 Å². The van der Waals surface area contributed by atoms with E-state index in [2.05, 4.69) is 0 Å². The molecule has 7 nitrogen and oxygen atoms in total. The molecule has 1 saturated heterocycles. The van der Waals surface area contributed by atoms with Crippen molar-refractivity contribution < 1.29 is 34.6 Å². The summed E-state index contributed by atoms with van der Waals surface area (Å²) in [7, 11) is 1.75. The summed E-state index contributed by atoms with van der Waals surface area (Å²) in [6, 6.07) is 13.2. The summed E-state index contributed by atoms with van der Waals surface area (Å²) >= 11 is 6.45. The minimum absolute atomic E-state index is 0.161. The first-order valence-electron chi connectivity index (χ1n) is 11.8. The van der Waals surface area contributed by atoms with Gasteiger partial charge in [0.2, 0.25) is 0 Å². The molecular weight excluding hydrogens is 460 g/mol. The largest absolute Gasteiger partial charge is 0.490 e. The maximum Gasteiger partial charge on any atom is 0.119 e. The number of rotatable bonds is 7. The van der Waals surface area contributed by atoms with E-state index in [1.54, 1.807) is 19.2 Å². The molecule has 0 amide bonds. The summed E-state index contributed by atoms with van der Waals surface area (Å²) in [4.78, 5) is 0. The third kappa shape index (κ3) is 5.74. The molecule has 34 heavy (non-hydrogen) atoms. The topological polar surface area (TPSA) is 109 Å². The Bertz CT molecular complexity index is 935. The average molecular weight is 493 g/mol. The van der Waals surface area contributed by atoms with Gasteiger partial charge >= 0.3 is 0 Å². The van der Waals surface area contributed by atoms with Crippen LogP contribution < -0.4 is 4.74 Å². The van der Waals surface area contributed by atoms with Gasteiger partial charge in [-0.1, -0.05) is 35.9 Å². The Balaban J connectivity index is 1.44. The van der Waals surface area contributed by atoms with Gasteiger partial charge < -0.3 is 34.6 Å². The molecule has 0 spiro atoms. The lowest BCUT2D eigenvalue weighted by molar-refractivity contribution is -0.231. The third-order valence-corrected chi connectivity index (χ3v) is 7.19. The molecule has 0 aromatic heterocycles. The molecule has 1 aliphatic heterocycles. The molecule has 1 unspecified atom stereocenters. The molecule has 186 valence electrons. The molecule has 0 radical (unpaired) electrons. The zero-order valence-electron chi connectivity index (χ0n) is 19.2. The lowest BCUT2D eigenvalue weighted by Gasteiger charge is -2.40. The normalized spacial score (nSPS) is 31.9. The van der Waals surface area contributed by atoms with Gasteiger partial charge in [0.05, 0.1) is 12.7 Å². The number of aliphatic hydroxyl groups excluding tert-OH is 4. The number of methoxy groups -OCH3 is 1. The van der Waals surface area contributed by atoms with Gasteiger partial charge in [0.15, 0.2) is 0 Å². The highest BCUT2D eigenvalue weighted by Gasteiger charge is 2.44. The first-order chi connectivity index (χ1) is 16.4. The van der Waals surface area contributed by atoms with Crippen molar-refractivity contribution in [3.8, 4) is 5.75 Å². The van der Waals surface area contributed by atoms with Gasteiger partial charge in [-0.25, -0.2) is 0 Å². The molecule has 8 heteroatoms. The van der Waals surface area contributed by atoms with Crippen LogP contribution in [-0.4, -0.2) is 70.8 Å². The summed E-state index contributed by atoms with van der Waals surface area (Å²) in [6.45, 7) is -0.469. The zero-order valence-corrected chi connectivity index (χ0v) is 20.0. The Labute approximate surface area is 204 Å². The Morgan fingerprint density at radius 3 is 2.41 bits per heavy atom. The standard InChI is InChI=1S/C26H33ClO7/c1-32-19-3-2-4-20(13-19)33-18-8-5-15(6-9-18)11-17-12-16(7-10-21(17)27)26-25(31)24(30)23(29)22(14-28)34-26/h5-10,12,19-20,22-26,28-31H,2-4,11,13-14H2,1H3/t19?,20-,22-,23-,24+,25-,26+/m1/s1. The van der Waals surface area contributed by atoms with E-state index in [0.29, 0.717) is 17.0 Å². The van der Waals surface area contributed by atoms with E-state index in [1.807, 2.05) is 30.3 Å². The van der Waals surface area contributed by atoms with Gasteiger partial charge in [0.1, 0.15) is 42.4 Å². The quantitative estimate of drug-likeness (QED) is 0.470. The first kappa shape index (κ1) is 25.4. The molecule has 2 aliphatic rings. The first-order valence-corrected chi connectivity index (χ1v) is 12.1. The van der Waals surface area contributed by atoms with Crippen LogP contribution in [-0.2, 0) is 15.9 Å². The van der Waals surface area contributed by atoms with Crippen molar-refractivity contribution in [3.63, 3.8) is 0 Å². The van der Waals surface area contributed by atoms with Gasteiger partial charge in [-0.3, -0.25) is 0 Å². The molecule has 2 fully saturated rings. The maximum absolute atomic E-state index is 10.5. The monoisotopic (exact) mass is 492 g/mol. The van der Waals surface area contributed by atoms with Crippen LogP contribution in [0, 0.1) is 0 Å². The number of aliphatic hydroxyl groups is 4. The number of ether oxygens (including phenoxy) is 3. The average Bonchev–Trinajstić information content (AvgIpc) is 2.85. The molecule has 1 saturated carbocycles. The van der Waals surface area contributed by atoms with Crippen molar-refractivity contribution in [3.05, 3.63) is 64.2 Å². The number of benzene rings is 2. The summed E-state index contributed by atoms with van der Waals surface area (Å²) in [5, 5.41) is 40.6. The molecule has 0 bridgehead atoms. The SMILES string of the molecule is COC1CCC[C@@H](Oc2ccc(Cc3cc([C@@H]4O[C@H](CO)[C@@H](O)[C@H](O)[C@H]4O)ccc3Cl)cc2)C1. The number of hydrogen-bond donors (Lipinski definition) is 4. The van der Waals surface area contributed by atoms with Crippen molar-refractivity contribution in [1.82, 2.24) is 0 Å². The lowest BCUT2D eigenvalue weighted by Crippen LogP contribution is -2.55. The van der Waals surface area contributed by atoms with Crippen LogP contribution in [0.1, 0.15) is 48.5 Å². The summed E-state index contributed by atoms with van der Waals surface area (Å²) in [6.07, 6.45) is -0.912. The summed E-state index contributed by atoms with van der Waals surface area (Å²) < 4.78 is 17.3. The smallest absolute Gasteiger partial charge is 0.119 e. The minimum Gasteiger partial charge on any atom is -0.490 e. The van der Waals surface area contributed by atoms with Crippen molar-refractivity contribution in [2.45, 2.75) is 74.8 Å². The van der Waals surface area contributed by atoms with E-state index in [0.717, 1.165) is 42.6 Å². The predicted octanol–water partition coefficient (Wildman–Crippen LogP) is 2.78. The molecule has 4 rings (SSSR count). The predicted molar refractivity (Wildman–Crippen MR) is 127 cm³/mol. The van der Waals surface area contributed by atoms with Crippen LogP contribution in [0.5, 0.6) is 5.75 Å². The van der Waals surface area contributed by atoms with E-state index < -0.39 is 37.1 Å². The fourth-order valence-electron chi connectivity index (χ4n) is 4.81. The maximum atomic E-state index is 10.5. The molecule has 1 heterocycles. The fourth-order valence-corrected chi connectivity index (χ4v) is 4.99. The second-order valence-corrected chi connectivity index (χ2v) is 9.59. The van der Waals surface area contributed by atoms with Crippen LogP contribution in [0.15, 0.2) is 42.5 Å². The highest BCUT2D eigenvalue weighted by Crippen LogP contribution is 2.34. The van der Waals surface area contributed by atoms with Gasteiger partial charge in [0, 0.05) is 18.6 Å². The van der Waals surface area contributed by atoms with E-state index in [4.69, 9.17) is 25.8 Å². The number of halogens is 1. The summed E-state index contributed by atoms with van der Waals surface area (Å²) in [5.74, 6) is 0.826. The van der Waals surface area contributed by atoms with Crippen LogP contribution in [0.25, 0.3) is 0 Å². The van der Waals surface area contributed by atoms with Crippen LogP contribution >= 0.6 is 11.6 Å². The van der Waals surface area contributed by atoms with Crippen molar-refractivity contribution in [1.29, 1.82) is 0 Å². The molecule has 7 atom stereocenters. The third-order valence-electron chi connectivity index (χ3n) is 6.82. The molecule has 4 N–H and O–H groups in total. The molecule has 1 aliphatic carbocycles. The van der Waals surface area contributed by atoms with Gasteiger partial charge in [0.25, 0.3) is 0 Å². The van der Waals surface area contributed by atoms with E-state index in [1.165, 1.54) is 0 Å². The van der Waals surface area contributed by atoms with Crippen molar-refractivity contribution in [2.75, 3.05) is 13.7 Å². The van der Waals surface area contributed by atoms with Gasteiger partial charge in [-0.15, -0.1) is 0 Å². The second-order valence-electron chi connectivity index (χ2n) is 9.19. The zero-order chi connectivity index (χ0) is 24.2. The fraction of sp³-hybridized carbons (Fsp3) is 0.538. The minimum atomic E-state index is -1.43. The van der Waals surface area contributed by atoms with Crippen LogP contribution in [0.4, 0.5) is 0 Å². The Kier molecular flexibility index (Phi) is 8.47. The van der Waals surface area contributed by atoms with E-state index in [9.17, 15) is 20.4 Å². The highest BCUT2D eigenvalue weighted by molar-refractivity contribution is 6.31. The Morgan fingerprint density at radius 1 is 0.971 bits per heavy atom. The second kappa shape index (κ2) is 11.4. The van der Waals surface area contributed by atoms with E-state index in [-0.39, 0.29) is 12.2 Å². The van der Waals surface area contributed by atoms with Gasteiger partial charge in [-0.2, -0.15) is 0 Å². The molecule has 2 aromatic carbocycles. The highest BCUT2D eigenvalue weighted by atomic mass is 35.5.